The Labute approximate surface area is 348 Å². The Balaban J connectivity index is 1.04. The highest BCUT2D eigenvalue weighted by atomic mass is 32.2. The average molecular weight is 836 g/mol. The molecule has 0 radical (unpaired) electrons. The number of aliphatic carboxylic acids is 2. The number of pyridine rings is 2. The number of nitrogens with zero attached hydrogens (tertiary/aromatic N) is 5. The average Bonchev–Trinajstić information content (AvgIpc) is 3.69. The smallest absolute Gasteiger partial charge is 0.322 e. The summed E-state index contributed by atoms with van der Waals surface area (Å²) in [5, 5.41) is 30.7. The molecule has 0 aliphatic carbocycles. The van der Waals surface area contributed by atoms with Crippen LogP contribution in [0.5, 0.6) is 0 Å². The number of rotatable bonds is 19. The molecule has 5 aromatic rings. The van der Waals surface area contributed by atoms with Crippen LogP contribution in [0, 0.1) is 0 Å². The molecule has 2 aromatic carbocycles. The van der Waals surface area contributed by atoms with Crippen molar-refractivity contribution in [3.63, 3.8) is 0 Å². The van der Waals surface area contributed by atoms with Gasteiger partial charge in [0.2, 0.25) is 11.8 Å². The molecule has 6 rings (SSSR count). The van der Waals surface area contributed by atoms with Crippen LogP contribution < -0.4 is 27.2 Å². The van der Waals surface area contributed by atoms with Crippen molar-refractivity contribution in [2.24, 2.45) is 5.73 Å². The van der Waals surface area contributed by atoms with Crippen molar-refractivity contribution in [1.82, 2.24) is 35.3 Å². The number of carboxylic acid groups (broad SMARTS) is 2. The minimum Gasteiger partial charge on any atom is -0.481 e. The third kappa shape index (κ3) is 11.3. The number of urea groups is 1. The van der Waals surface area contributed by atoms with Crippen LogP contribution in [0.15, 0.2) is 90.1 Å². The van der Waals surface area contributed by atoms with Crippen LogP contribution in [0.2, 0.25) is 0 Å². The second-order valence-corrected chi connectivity index (χ2v) is 15.4. The van der Waals surface area contributed by atoms with E-state index < -0.39 is 41.5 Å². The number of carbonyl (C=O) groups excluding carboxylic acids is 3. The van der Waals surface area contributed by atoms with Gasteiger partial charge in [-0.25, -0.2) is 9.48 Å². The van der Waals surface area contributed by atoms with E-state index in [1.54, 1.807) is 41.7 Å². The number of benzene rings is 2. The molecule has 0 spiro atoms. The van der Waals surface area contributed by atoms with Crippen LogP contribution in [-0.4, -0.2) is 94.8 Å². The molecule has 4 heterocycles. The van der Waals surface area contributed by atoms with E-state index in [0.29, 0.717) is 56.0 Å². The third-order valence-corrected chi connectivity index (χ3v) is 11.2. The van der Waals surface area contributed by atoms with Crippen LogP contribution in [-0.2, 0) is 38.8 Å². The van der Waals surface area contributed by atoms with E-state index in [2.05, 4.69) is 25.9 Å². The molecule has 1 aliphatic heterocycles. The lowest BCUT2D eigenvalue weighted by Crippen LogP contribution is -2.42. The molecule has 4 amide bonds. The molecule has 0 fully saturated rings. The molecule has 17 nitrogen and oxygen atoms in total. The van der Waals surface area contributed by atoms with Crippen LogP contribution in [0.25, 0.3) is 33.3 Å². The van der Waals surface area contributed by atoms with Crippen molar-refractivity contribution in [1.29, 1.82) is 0 Å². The largest absolute Gasteiger partial charge is 0.481 e. The van der Waals surface area contributed by atoms with E-state index in [-0.39, 0.29) is 23.9 Å². The summed E-state index contributed by atoms with van der Waals surface area (Å²) in [5.41, 5.74) is 11.2. The molecule has 3 aromatic heterocycles. The standard InChI is InChI=1S/C42H45N9O8S/c43-33(41(57)58)25-60-36(20-38(53)54)39(55)47-22-37(52)46-15-3-1-2-4-18-51-40(56)32(30-7-5-9-34-31(30)8-6-16-45-34)19-35(49-51)26-10-12-29(13-11-26)48-42(59)50-23-27-14-17-44-21-28(27)24-50/h5-14,16-17,19,21,33,36H,1-4,15,18,20,22-25,43H2,(H,46,52)(H,47,55)(H,48,59)(H,53,54)(H,57,58). The molecule has 7 N–H and O–H groups in total. The van der Waals surface area contributed by atoms with E-state index >= 15 is 0 Å². The highest BCUT2D eigenvalue weighted by Crippen LogP contribution is 2.29. The lowest BCUT2D eigenvalue weighted by atomic mass is 10.00. The first-order valence-corrected chi connectivity index (χ1v) is 20.4. The Hall–Kier alpha value is -6.66. The molecule has 312 valence electrons. The number of anilines is 1. The number of aromatic nitrogens is 4. The zero-order valence-electron chi connectivity index (χ0n) is 32.6. The first kappa shape index (κ1) is 42.9. The predicted octanol–water partition coefficient (Wildman–Crippen LogP) is 3.85. The van der Waals surface area contributed by atoms with Gasteiger partial charge in [-0.3, -0.25) is 33.9 Å². The summed E-state index contributed by atoms with van der Waals surface area (Å²) in [6.45, 7) is 1.30. The summed E-state index contributed by atoms with van der Waals surface area (Å²) < 4.78 is 1.48. The second-order valence-electron chi connectivity index (χ2n) is 14.2. The normalized spacial score (nSPS) is 13.0. The summed E-state index contributed by atoms with van der Waals surface area (Å²) in [7, 11) is 0. The molecule has 18 heteroatoms. The lowest BCUT2D eigenvalue weighted by molar-refractivity contribution is -0.138. The van der Waals surface area contributed by atoms with Gasteiger partial charge in [0.25, 0.3) is 5.56 Å². The molecule has 2 unspecified atom stereocenters. The SMILES string of the molecule is NC(CSC(CC(=O)O)C(=O)NCC(=O)NCCCCCCn1nc(-c2ccc(NC(=O)N3Cc4ccncc4C3)cc2)cc(-c2cccc3ncccc23)c1=O)C(=O)O. The fraction of sp³-hybridized carbons (Fsp3) is 0.310. The first-order valence-electron chi connectivity index (χ1n) is 19.4. The van der Waals surface area contributed by atoms with Crippen molar-refractivity contribution in [2.75, 3.05) is 24.2 Å². The van der Waals surface area contributed by atoms with Crippen molar-refractivity contribution < 1.29 is 34.2 Å². The van der Waals surface area contributed by atoms with Gasteiger partial charge in [0.1, 0.15) is 6.04 Å². The minimum atomic E-state index is -1.27. The highest BCUT2D eigenvalue weighted by molar-refractivity contribution is 8.00. The van der Waals surface area contributed by atoms with Crippen molar-refractivity contribution in [2.45, 2.75) is 63.0 Å². The second kappa shape index (κ2) is 20.3. The maximum Gasteiger partial charge on any atom is 0.322 e. The molecule has 2 atom stereocenters. The van der Waals surface area contributed by atoms with Gasteiger partial charge >= 0.3 is 18.0 Å². The number of unbranched alkanes of at least 4 members (excludes halogenated alkanes) is 3. The first-order chi connectivity index (χ1) is 29.0. The Morgan fingerprint density at radius 2 is 1.65 bits per heavy atom. The number of fused-ring (bicyclic) bond motifs is 2. The van der Waals surface area contributed by atoms with E-state index in [1.165, 1.54) is 4.68 Å². The van der Waals surface area contributed by atoms with Gasteiger partial charge in [0, 0.05) is 67.2 Å². The zero-order chi connectivity index (χ0) is 42.6. The van der Waals surface area contributed by atoms with Crippen LogP contribution in [0.1, 0.15) is 43.2 Å². The van der Waals surface area contributed by atoms with Gasteiger partial charge in [-0.15, -0.1) is 11.8 Å². The predicted molar refractivity (Wildman–Crippen MR) is 226 cm³/mol. The zero-order valence-corrected chi connectivity index (χ0v) is 33.4. The third-order valence-electron chi connectivity index (χ3n) is 9.85. The topological polar surface area (TPSA) is 252 Å². The van der Waals surface area contributed by atoms with Crippen LogP contribution in [0.4, 0.5) is 10.5 Å². The highest BCUT2D eigenvalue weighted by Gasteiger charge is 2.26. The van der Waals surface area contributed by atoms with Gasteiger partial charge in [-0.2, -0.15) is 5.10 Å². The lowest BCUT2D eigenvalue weighted by Gasteiger charge is -2.17. The molecule has 0 bridgehead atoms. The summed E-state index contributed by atoms with van der Waals surface area (Å²) in [5.74, 6) is -3.85. The molecule has 60 heavy (non-hydrogen) atoms. The number of carboxylic acids is 2. The maximum absolute atomic E-state index is 14.0. The van der Waals surface area contributed by atoms with Crippen molar-refractivity contribution >= 4 is 58.1 Å². The number of hydrogen-bond donors (Lipinski definition) is 6. The number of carbonyl (C=O) groups is 5. The Kier molecular flexibility index (Phi) is 14.6. The Morgan fingerprint density at radius 1 is 0.867 bits per heavy atom. The van der Waals surface area contributed by atoms with Crippen LogP contribution in [0.3, 0.4) is 0 Å². The minimum absolute atomic E-state index is 0.170. The Morgan fingerprint density at radius 3 is 2.42 bits per heavy atom. The fourth-order valence-corrected chi connectivity index (χ4v) is 7.72. The number of thioether (sulfide) groups is 1. The van der Waals surface area contributed by atoms with Gasteiger partial charge in [0.05, 0.1) is 35.0 Å². The van der Waals surface area contributed by atoms with E-state index in [0.717, 1.165) is 57.8 Å². The van der Waals surface area contributed by atoms with E-state index in [4.69, 9.17) is 21.0 Å². The summed E-state index contributed by atoms with van der Waals surface area (Å²) in [6.07, 6.45) is 7.38. The van der Waals surface area contributed by atoms with Gasteiger partial charge in [-0.05, 0) is 65.9 Å². The molecular formula is C42H45N9O8S. The monoisotopic (exact) mass is 835 g/mol. The number of hydrogen-bond acceptors (Lipinski definition) is 11. The van der Waals surface area contributed by atoms with Gasteiger partial charge in [-0.1, -0.05) is 43.2 Å². The van der Waals surface area contributed by atoms with Crippen molar-refractivity contribution in [3.05, 3.63) is 107 Å². The molecular weight excluding hydrogens is 791 g/mol. The number of aryl methyl sites for hydroxylation is 1. The summed E-state index contributed by atoms with van der Waals surface area (Å²) >= 11 is 0.804. The summed E-state index contributed by atoms with van der Waals surface area (Å²) in [4.78, 5) is 84.5. The number of amides is 4. The fourth-order valence-electron chi connectivity index (χ4n) is 6.64. The van der Waals surface area contributed by atoms with E-state index in [9.17, 15) is 28.8 Å². The number of nitrogens with two attached hydrogens (primary N) is 1. The van der Waals surface area contributed by atoms with E-state index in [1.807, 2.05) is 48.5 Å². The molecule has 0 saturated carbocycles. The molecule has 1 aliphatic rings. The Bertz CT molecular complexity index is 2400. The summed E-state index contributed by atoms with van der Waals surface area (Å²) in [6, 6.07) is 19.0. The van der Waals surface area contributed by atoms with Crippen molar-refractivity contribution in [3.8, 4) is 22.4 Å². The van der Waals surface area contributed by atoms with Crippen LogP contribution >= 0.6 is 11.8 Å². The molecule has 0 saturated heterocycles. The number of nitrogens with one attached hydrogen (secondary N) is 3. The van der Waals surface area contributed by atoms with Gasteiger partial charge < -0.3 is 36.8 Å². The van der Waals surface area contributed by atoms with Gasteiger partial charge in [0.15, 0.2) is 0 Å². The maximum atomic E-state index is 14.0. The quantitative estimate of drug-likeness (QED) is 0.0648.